The molecule has 4 N–H and O–H groups in total. The van der Waals surface area contributed by atoms with Crippen LogP contribution >= 0.6 is 0 Å². The van der Waals surface area contributed by atoms with E-state index in [9.17, 15) is 8.78 Å². The lowest BCUT2D eigenvalue weighted by atomic mass is 10.1. The van der Waals surface area contributed by atoms with Crippen molar-refractivity contribution in [2.45, 2.75) is 0 Å². The average Bonchev–Trinajstić information content (AvgIpc) is 2.60. The summed E-state index contributed by atoms with van der Waals surface area (Å²) in [6, 6.07) is 1.89. The number of hydrogen-bond acceptors (Lipinski definition) is 3. The van der Waals surface area contributed by atoms with Crippen molar-refractivity contribution in [3.05, 3.63) is 30.0 Å². The molecule has 0 amide bonds. The molecule has 0 fully saturated rings. The number of nitrogens with two attached hydrogens (primary N) is 1. The molecular formula is C9H7F2N3O. The number of hydrogen-bond donors (Lipinski definition) is 3. The van der Waals surface area contributed by atoms with Crippen molar-refractivity contribution >= 4 is 5.82 Å². The van der Waals surface area contributed by atoms with E-state index in [1.165, 1.54) is 6.20 Å². The topological polar surface area (TPSA) is 74.9 Å². The number of aromatic amines is 1. The van der Waals surface area contributed by atoms with E-state index in [2.05, 4.69) is 10.2 Å². The van der Waals surface area contributed by atoms with Gasteiger partial charge in [0.2, 0.25) is 0 Å². The van der Waals surface area contributed by atoms with E-state index in [4.69, 9.17) is 10.8 Å². The lowest BCUT2D eigenvalue weighted by Crippen LogP contribution is -1.93. The molecule has 15 heavy (non-hydrogen) atoms. The van der Waals surface area contributed by atoms with Crippen molar-refractivity contribution in [3.8, 4) is 16.9 Å². The quantitative estimate of drug-likeness (QED) is 0.671. The molecule has 0 saturated carbocycles. The molecule has 0 aliphatic rings. The highest BCUT2D eigenvalue weighted by molar-refractivity contribution is 5.75. The minimum Gasteiger partial charge on any atom is -0.505 e. The molecule has 0 unspecified atom stereocenters. The van der Waals surface area contributed by atoms with Gasteiger partial charge in [-0.3, -0.25) is 5.10 Å². The summed E-state index contributed by atoms with van der Waals surface area (Å²) < 4.78 is 26.7. The summed E-state index contributed by atoms with van der Waals surface area (Å²) in [5, 5.41) is 15.0. The Labute approximate surface area is 83.4 Å². The van der Waals surface area contributed by atoms with Gasteiger partial charge in [-0.15, -0.1) is 0 Å². The van der Waals surface area contributed by atoms with Crippen LogP contribution in [0, 0.1) is 11.6 Å². The standard InChI is InChI=1S/C9H7F2N3O/c10-5-1-2-6(15)8(11)7(5)4-3-13-14-9(4)12/h1-3,15H,(H3,12,13,14). The van der Waals surface area contributed by atoms with Gasteiger partial charge in [0.15, 0.2) is 11.6 Å². The van der Waals surface area contributed by atoms with Crippen molar-refractivity contribution in [3.63, 3.8) is 0 Å². The van der Waals surface area contributed by atoms with Crippen molar-refractivity contribution in [1.82, 2.24) is 10.2 Å². The lowest BCUT2D eigenvalue weighted by Gasteiger charge is -2.04. The number of nitrogens with zero attached hydrogens (tertiary/aromatic N) is 1. The van der Waals surface area contributed by atoms with E-state index in [1.807, 2.05) is 0 Å². The Balaban J connectivity index is 2.72. The Morgan fingerprint density at radius 2 is 2.07 bits per heavy atom. The van der Waals surface area contributed by atoms with Crippen LogP contribution in [0.15, 0.2) is 18.3 Å². The van der Waals surface area contributed by atoms with Crippen LogP contribution in [0.25, 0.3) is 11.1 Å². The van der Waals surface area contributed by atoms with Crippen molar-refractivity contribution in [2.24, 2.45) is 0 Å². The number of aromatic hydroxyl groups is 1. The third-order valence-electron chi connectivity index (χ3n) is 2.01. The summed E-state index contributed by atoms with van der Waals surface area (Å²) in [7, 11) is 0. The fourth-order valence-electron chi connectivity index (χ4n) is 1.28. The van der Waals surface area contributed by atoms with Gasteiger partial charge in [-0.05, 0) is 12.1 Å². The predicted molar refractivity (Wildman–Crippen MR) is 50.0 cm³/mol. The number of phenols is 1. The molecule has 0 aliphatic carbocycles. The molecule has 6 heteroatoms. The molecule has 0 radical (unpaired) electrons. The molecule has 0 aliphatic heterocycles. The predicted octanol–water partition coefficient (Wildman–Crippen LogP) is 1.64. The highest BCUT2D eigenvalue weighted by Gasteiger charge is 2.18. The summed E-state index contributed by atoms with van der Waals surface area (Å²) in [4.78, 5) is 0. The average molecular weight is 211 g/mol. The van der Waals surface area contributed by atoms with Crippen molar-refractivity contribution in [1.29, 1.82) is 0 Å². The Bertz CT molecular complexity index is 510. The Hall–Kier alpha value is -2.11. The van der Waals surface area contributed by atoms with E-state index < -0.39 is 17.4 Å². The molecule has 4 nitrogen and oxygen atoms in total. The van der Waals surface area contributed by atoms with E-state index in [0.717, 1.165) is 12.1 Å². The molecule has 78 valence electrons. The van der Waals surface area contributed by atoms with Crippen LogP contribution in [0.4, 0.5) is 14.6 Å². The zero-order chi connectivity index (χ0) is 11.0. The van der Waals surface area contributed by atoms with Crippen LogP contribution in [0.3, 0.4) is 0 Å². The van der Waals surface area contributed by atoms with Gasteiger partial charge in [0.25, 0.3) is 0 Å². The van der Waals surface area contributed by atoms with Gasteiger partial charge >= 0.3 is 0 Å². The number of benzene rings is 1. The molecule has 0 saturated heterocycles. The Kier molecular flexibility index (Phi) is 2.03. The first-order valence-corrected chi connectivity index (χ1v) is 4.07. The lowest BCUT2D eigenvalue weighted by molar-refractivity contribution is 0.429. The highest BCUT2D eigenvalue weighted by Crippen LogP contribution is 2.33. The fourth-order valence-corrected chi connectivity index (χ4v) is 1.28. The second-order valence-electron chi connectivity index (χ2n) is 2.95. The molecule has 1 aromatic carbocycles. The van der Waals surface area contributed by atoms with Gasteiger partial charge in [-0.1, -0.05) is 0 Å². The summed E-state index contributed by atoms with van der Waals surface area (Å²) >= 11 is 0. The van der Waals surface area contributed by atoms with Crippen LogP contribution < -0.4 is 5.73 Å². The van der Waals surface area contributed by atoms with Crippen LogP contribution in [0.1, 0.15) is 0 Å². The van der Waals surface area contributed by atoms with Crippen LogP contribution in [-0.4, -0.2) is 15.3 Å². The number of nitrogen functional groups attached to an aromatic ring is 1. The minimum absolute atomic E-state index is 0.0402. The molecule has 0 spiro atoms. The van der Waals surface area contributed by atoms with Crippen LogP contribution in [0.2, 0.25) is 0 Å². The van der Waals surface area contributed by atoms with E-state index >= 15 is 0 Å². The first kappa shape index (κ1) is 9.45. The molecular weight excluding hydrogens is 204 g/mol. The van der Waals surface area contributed by atoms with E-state index in [-0.39, 0.29) is 16.9 Å². The SMILES string of the molecule is Nc1[nH]ncc1-c1c(F)ccc(O)c1F. The number of anilines is 1. The Morgan fingerprint density at radius 3 is 2.67 bits per heavy atom. The number of nitrogens with one attached hydrogen (secondary N) is 1. The summed E-state index contributed by atoms with van der Waals surface area (Å²) in [5.41, 5.74) is 5.12. The minimum atomic E-state index is -1.05. The summed E-state index contributed by atoms with van der Waals surface area (Å²) in [6.45, 7) is 0. The largest absolute Gasteiger partial charge is 0.505 e. The zero-order valence-corrected chi connectivity index (χ0v) is 7.46. The zero-order valence-electron chi connectivity index (χ0n) is 7.46. The smallest absolute Gasteiger partial charge is 0.175 e. The first-order valence-electron chi connectivity index (χ1n) is 4.07. The third kappa shape index (κ3) is 1.39. The number of phenolic OH excluding ortho intramolecular Hbond substituents is 1. The maximum atomic E-state index is 13.4. The normalized spacial score (nSPS) is 10.5. The monoisotopic (exact) mass is 211 g/mol. The maximum absolute atomic E-state index is 13.4. The van der Waals surface area contributed by atoms with Crippen molar-refractivity contribution < 1.29 is 13.9 Å². The van der Waals surface area contributed by atoms with Crippen molar-refractivity contribution in [2.75, 3.05) is 5.73 Å². The number of rotatable bonds is 1. The molecule has 1 aromatic heterocycles. The van der Waals surface area contributed by atoms with Gasteiger partial charge in [-0.2, -0.15) is 5.10 Å². The molecule has 2 rings (SSSR count). The highest BCUT2D eigenvalue weighted by atomic mass is 19.1. The summed E-state index contributed by atoms with van der Waals surface area (Å²) in [5.74, 6) is -2.45. The van der Waals surface area contributed by atoms with Gasteiger partial charge in [-0.25, -0.2) is 8.78 Å². The van der Waals surface area contributed by atoms with Crippen LogP contribution in [-0.2, 0) is 0 Å². The van der Waals surface area contributed by atoms with Gasteiger partial charge in [0, 0.05) is 5.56 Å². The van der Waals surface area contributed by atoms with Gasteiger partial charge in [0.05, 0.1) is 11.8 Å². The summed E-state index contributed by atoms with van der Waals surface area (Å²) in [6.07, 6.45) is 1.19. The number of H-pyrrole nitrogens is 1. The molecule has 2 aromatic rings. The van der Waals surface area contributed by atoms with Gasteiger partial charge < -0.3 is 10.8 Å². The van der Waals surface area contributed by atoms with Gasteiger partial charge in [0.1, 0.15) is 11.6 Å². The second kappa shape index (κ2) is 3.23. The maximum Gasteiger partial charge on any atom is 0.175 e. The molecule has 1 heterocycles. The Morgan fingerprint density at radius 1 is 1.33 bits per heavy atom. The number of halogens is 2. The second-order valence-corrected chi connectivity index (χ2v) is 2.95. The fraction of sp³-hybridized carbons (Fsp3) is 0. The van der Waals surface area contributed by atoms with E-state index in [0.29, 0.717) is 0 Å². The molecule has 0 bridgehead atoms. The van der Waals surface area contributed by atoms with E-state index in [1.54, 1.807) is 0 Å². The first-order chi connectivity index (χ1) is 7.11. The third-order valence-corrected chi connectivity index (χ3v) is 2.01. The van der Waals surface area contributed by atoms with Crippen LogP contribution in [0.5, 0.6) is 5.75 Å². The number of aromatic nitrogens is 2. The molecule has 0 atom stereocenters.